The minimum Gasteiger partial charge on any atom is -0.497 e. The van der Waals surface area contributed by atoms with E-state index in [-0.39, 0.29) is 11.9 Å². The molecule has 142 valence electrons. The number of aromatic nitrogens is 3. The summed E-state index contributed by atoms with van der Waals surface area (Å²) in [5.74, 6) is 3.05. The lowest BCUT2D eigenvalue weighted by Gasteiger charge is -2.32. The smallest absolute Gasteiger partial charge is 0.290 e. The van der Waals surface area contributed by atoms with Gasteiger partial charge >= 0.3 is 0 Å². The van der Waals surface area contributed by atoms with Gasteiger partial charge in [0.25, 0.3) is 5.91 Å². The van der Waals surface area contributed by atoms with Crippen LogP contribution < -0.4 is 4.74 Å². The highest BCUT2D eigenvalue weighted by atomic mass is 16.5. The van der Waals surface area contributed by atoms with Crippen LogP contribution in [0.2, 0.25) is 0 Å². The number of benzene rings is 1. The van der Waals surface area contributed by atoms with Gasteiger partial charge in [0.05, 0.1) is 19.7 Å². The Bertz CT molecular complexity index is 1020. The van der Waals surface area contributed by atoms with Gasteiger partial charge in [-0.2, -0.15) is 0 Å². The molecule has 3 aromatic rings. The molecule has 0 radical (unpaired) electrons. The summed E-state index contributed by atoms with van der Waals surface area (Å²) in [7, 11) is 1.61. The molecule has 0 spiro atoms. The Balaban J connectivity index is 1.67. The van der Waals surface area contributed by atoms with Gasteiger partial charge in [-0.3, -0.25) is 4.79 Å². The number of hydrogen-bond donors (Lipinski definition) is 0. The first-order chi connectivity index (χ1) is 12.9. The van der Waals surface area contributed by atoms with Crippen LogP contribution in [0.4, 0.5) is 0 Å². The number of aryl methyl sites for hydroxylation is 1. The number of carbonyl (C=O) groups excluding carboxylic acids is 1. The number of nitrogens with zero attached hydrogens (tertiary/aromatic N) is 4. The van der Waals surface area contributed by atoms with Crippen molar-refractivity contribution in [3.8, 4) is 5.75 Å². The molecule has 7 heteroatoms. The van der Waals surface area contributed by atoms with Crippen molar-refractivity contribution in [3.05, 3.63) is 41.2 Å². The van der Waals surface area contributed by atoms with Crippen LogP contribution in [0.15, 0.2) is 22.6 Å². The maximum Gasteiger partial charge on any atom is 0.290 e. The first-order valence-electron chi connectivity index (χ1n) is 9.20. The van der Waals surface area contributed by atoms with Crippen molar-refractivity contribution in [3.63, 3.8) is 0 Å². The van der Waals surface area contributed by atoms with Gasteiger partial charge in [-0.1, -0.05) is 13.8 Å². The van der Waals surface area contributed by atoms with Crippen molar-refractivity contribution in [2.45, 2.75) is 46.2 Å². The van der Waals surface area contributed by atoms with Crippen LogP contribution >= 0.6 is 0 Å². The second-order valence-electron chi connectivity index (χ2n) is 7.45. The van der Waals surface area contributed by atoms with Crippen molar-refractivity contribution in [2.24, 2.45) is 0 Å². The third-order valence-corrected chi connectivity index (χ3v) is 5.19. The van der Waals surface area contributed by atoms with E-state index in [1.54, 1.807) is 12.0 Å². The number of furan rings is 1. The summed E-state index contributed by atoms with van der Waals surface area (Å²) in [5.41, 5.74) is 1.51. The number of ether oxygens (including phenoxy) is 1. The Hall–Kier alpha value is -2.83. The van der Waals surface area contributed by atoms with Crippen LogP contribution in [0.25, 0.3) is 11.0 Å². The Morgan fingerprint density at radius 3 is 2.81 bits per heavy atom. The number of amides is 1. The van der Waals surface area contributed by atoms with Gasteiger partial charge in [0.15, 0.2) is 11.6 Å². The van der Waals surface area contributed by atoms with Gasteiger partial charge in [0.1, 0.15) is 17.2 Å². The molecule has 0 saturated carbocycles. The van der Waals surface area contributed by atoms with Crippen LogP contribution in [-0.2, 0) is 6.54 Å². The van der Waals surface area contributed by atoms with E-state index in [4.69, 9.17) is 9.15 Å². The van der Waals surface area contributed by atoms with E-state index >= 15 is 0 Å². The van der Waals surface area contributed by atoms with Gasteiger partial charge in [-0.15, -0.1) is 10.2 Å². The molecule has 0 fully saturated rings. The maximum absolute atomic E-state index is 13.2. The zero-order chi connectivity index (χ0) is 19.3. The third kappa shape index (κ3) is 2.78. The second kappa shape index (κ2) is 6.40. The van der Waals surface area contributed by atoms with Crippen LogP contribution in [0.1, 0.15) is 60.5 Å². The van der Waals surface area contributed by atoms with Crippen LogP contribution in [0, 0.1) is 6.92 Å². The highest BCUT2D eigenvalue weighted by Crippen LogP contribution is 2.31. The summed E-state index contributed by atoms with van der Waals surface area (Å²) in [6, 6.07) is 5.73. The number of hydrogen-bond acceptors (Lipinski definition) is 5. The summed E-state index contributed by atoms with van der Waals surface area (Å²) in [4.78, 5) is 15.0. The molecule has 1 atom stereocenters. The van der Waals surface area contributed by atoms with Crippen molar-refractivity contribution in [2.75, 3.05) is 13.7 Å². The van der Waals surface area contributed by atoms with Gasteiger partial charge in [-0.25, -0.2) is 0 Å². The Kier molecular flexibility index (Phi) is 4.17. The number of fused-ring (bicyclic) bond motifs is 2. The standard InChI is InChI=1S/C20H24N4O3/c1-11(2)19-22-21-17-10-23(9-12(3)24(17)19)20(25)18-13(4)15-7-6-14(26-5)8-16(15)27-18/h6-8,11-12H,9-10H2,1-5H3/t12-/m0/s1. The highest BCUT2D eigenvalue weighted by molar-refractivity contribution is 5.99. The van der Waals surface area contributed by atoms with E-state index in [9.17, 15) is 4.79 Å². The van der Waals surface area contributed by atoms with E-state index in [0.717, 1.165) is 22.6 Å². The van der Waals surface area contributed by atoms with Gasteiger partial charge < -0.3 is 18.6 Å². The molecule has 0 saturated heterocycles. The molecular formula is C20H24N4O3. The minimum absolute atomic E-state index is 0.116. The second-order valence-corrected chi connectivity index (χ2v) is 7.45. The van der Waals surface area contributed by atoms with Crippen LogP contribution in [0.3, 0.4) is 0 Å². The molecule has 4 rings (SSSR count). The van der Waals surface area contributed by atoms with E-state index < -0.39 is 0 Å². The molecule has 1 aliphatic heterocycles. The van der Waals surface area contributed by atoms with Crippen molar-refractivity contribution in [1.82, 2.24) is 19.7 Å². The van der Waals surface area contributed by atoms with Crippen molar-refractivity contribution >= 4 is 16.9 Å². The first-order valence-corrected chi connectivity index (χ1v) is 9.20. The Labute approximate surface area is 157 Å². The fraction of sp³-hybridized carbons (Fsp3) is 0.450. The molecule has 7 nitrogen and oxygen atoms in total. The highest BCUT2D eigenvalue weighted by Gasteiger charge is 2.32. The van der Waals surface area contributed by atoms with Gasteiger partial charge in [0.2, 0.25) is 0 Å². The lowest BCUT2D eigenvalue weighted by atomic mass is 10.1. The largest absolute Gasteiger partial charge is 0.497 e. The molecular weight excluding hydrogens is 344 g/mol. The maximum atomic E-state index is 13.2. The Morgan fingerprint density at radius 2 is 2.11 bits per heavy atom. The van der Waals surface area contributed by atoms with E-state index in [1.165, 1.54) is 0 Å². The molecule has 1 amide bonds. The van der Waals surface area contributed by atoms with Crippen LogP contribution in [0.5, 0.6) is 5.75 Å². The lowest BCUT2D eigenvalue weighted by Crippen LogP contribution is -2.41. The summed E-state index contributed by atoms with van der Waals surface area (Å²) in [6.45, 7) is 9.25. The summed E-state index contributed by atoms with van der Waals surface area (Å²) < 4.78 is 13.3. The monoisotopic (exact) mass is 368 g/mol. The first kappa shape index (κ1) is 17.6. The van der Waals surface area contributed by atoms with E-state index in [0.29, 0.717) is 36.1 Å². The summed E-state index contributed by atoms with van der Waals surface area (Å²) in [6.07, 6.45) is 0. The lowest BCUT2D eigenvalue weighted by molar-refractivity contribution is 0.0648. The predicted octanol–water partition coefficient (Wildman–Crippen LogP) is 3.68. The van der Waals surface area contributed by atoms with E-state index in [1.807, 2.05) is 25.1 Å². The summed E-state index contributed by atoms with van der Waals surface area (Å²) in [5, 5.41) is 9.56. The predicted molar refractivity (Wildman–Crippen MR) is 101 cm³/mol. The minimum atomic E-state index is -0.116. The SMILES string of the molecule is COc1ccc2c(C)c(C(=O)N3Cc4nnc(C(C)C)n4[C@@H](C)C3)oc2c1. The summed E-state index contributed by atoms with van der Waals surface area (Å²) >= 11 is 0. The fourth-order valence-electron chi connectivity index (χ4n) is 3.79. The van der Waals surface area contributed by atoms with Crippen LogP contribution in [-0.4, -0.2) is 39.2 Å². The normalized spacial score (nSPS) is 16.8. The quantitative estimate of drug-likeness (QED) is 0.705. The van der Waals surface area contributed by atoms with Gasteiger partial charge in [0, 0.05) is 29.5 Å². The molecule has 0 N–H and O–H groups in total. The fourth-order valence-corrected chi connectivity index (χ4v) is 3.79. The molecule has 3 heterocycles. The average Bonchev–Trinajstić information content (AvgIpc) is 3.22. The molecule has 0 bridgehead atoms. The molecule has 1 aliphatic rings. The molecule has 2 aromatic heterocycles. The number of carbonyl (C=O) groups is 1. The topological polar surface area (TPSA) is 73.4 Å². The number of methoxy groups -OCH3 is 1. The van der Waals surface area contributed by atoms with Crippen molar-refractivity contribution < 1.29 is 13.9 Å². The number of rotatable bonds is 3. The molecule has 1 aromatic carbocycles. The average molecular weight is 368 g/mol. The zero-order valence-corrected chi connectivity index (χ0v) is 16.3. The third-order valence-electron chi connectivity index (χ3n) is 5.19. The molecule has 27 heavy (non-hydrogen) atoms. The Morgan fingerprint density at radius 1 is 1.33 bits per heavy atom. The molecule has 0 aliphatic carbocycles. The van der Waals surface area contributed by atoms with E-state index in [2.05, 4.69) is 35.5 Å². The van der Waals surface area contributed by atoms with Gasteiger partial charge in [-0.05, 0) is 26.0 Å². The van der Waals surface area contributed by atoms with Crippen molar-refractivity contribution in [1.29, 1.82) is 0 Å². The molecule has 0 unspecified atom stereocenters. The zero-order valence-electron chi connectivity index (χ0n) is 16.3.